The fourth-order valence-corrected chi connectivity index (χ4v) is 4.40. The maximum Gasteiger partial charge on any atom is 0.512 e. The number of carboxylic acid groups (broad SMARTS) is 2. The number of carboxylic acids is 1. The predicted octanol–water partition coefficient (Wildman–Crippen LogP) is 5.07. The first-order chi connectivity index (χ1) is 16.4. The van der Waals surface area contributed by atoms with Crippen molar-refractivity contribution in [3.8, 4) is 17.1 Å². The van der Waals surface area contributed by atoms with Gasteiger partial charge in [0.05, 0.1) is 0 Å². The van der Waals surface area contributed by atoms with Crippen LogP contribution >= 0.6 is 11.8 Å². The van der Waals surface area contributed by atoms with Crippen molar-refractivity contribution < 1.29 is 24.5 Å². The Balaban J connectivity index is 1.69. The number of imidazole rings is 2. The normalized spacial score (nSPS) is 11.1. The molecule has 4 aromatic rings. The number of aryl methyl sites for hydroxylation is 1. The molecular weight excluding hydrogens is 456 g/mol. The molecule has 0 saturated heterocycles. The third kappa shape index (κ3) is 4.62. The van der Waals surface area contributed by atoms with Crippen molar-refractivity contribution >= 4 is 29.5 Å². The molecule has 0 aliphatic rings. The van der Waals surface area contributed by atoms with Crippen LogP contribution < -0.4 is 4.74 Å². The molecule has 0 saturated carbocycles. The van der Waals surface area contributed by atoms with Gasteiger partial charge >= 0.3 is 12.1 Å². The van der Waals surface area contributed by atoms with Crippen LogP contribution in [0.3, 0.4) is 0 Å². The molecule has 0 radical (unpaired) electrons. The summed E-state index contributed by atoms with van der Waals surface area (Å²) in [7, 11) is 0. The highest BCUT2D eigenvalue weighted by molar-refractivity contribution is 7.98. The van der Waals surface area contributed by atoms with E-state index in [1.165, 1.54) is 11.8 Å². The number of hydrogen-bond acceptors (Lipinski definition) is 6. The minimum Gasteiger partial charge on any atom is -0.476 e. The van der Waals surface area contributed by atoms with Gasteiger partial charge in [-0.2, -0.15) is 0 Å². The Hall–Kier alpha value is -3.79. The Bertz CT molecular complexity index is 1340. The Kier molecular flexibility index (Phi) is 6.87. The minimum atomic E-state index is -1.42. The number of aromatic carboxylic acids is 1. The quantitative estimate of drug-likeness (QED) is 0.252. The summed E-state index contributed by atoms with van der Waals surface area (Å²) in [6.45, 7) is 2.44. The van der Waals surface area contributed by atoms with Crippen molar-refractivity contribution in [1.82, 2.24) is 18.9 Å². The second kappa shape index (κ2) is 10.0. The number of nitrogens with zero attached hydrogens (tertiary/aromatic N) is 4. The maximum atomic E-state index is 12.0. The van der Waals surface area contributed by atoms with Crippen LogP contribution in [0.15, 0.2) is 53.7 Å². The zero-order chi connectivity index (χ0) is 24.2. The Morgan fingerprint density at radius 2 is 1.85 bits per heavy atom. The van der Waals surface area contributed by atoms with Crippen molar-refractivity contribution in [1.29, 1.82) is 0 Å². The third-order valence-corrected chi connectivity index (χ3v) is 6.07. The summed E-state index contributed by atoms with van der Waals surface area (Å²) < 4.78 is 8.37. The first-order valence-electron chi connectivity index (χ1n) is 10.8. The minimum absolute atomic E-state index is 0.116. The van der Waals surface area contributed by atoms with E-state index in [4.69, 9.17) is 4.74 Å². The van der Waals surface area contributed by atoms with Crippen LogP contribution in [0.1, 0.15) is 41.6 Å². The van der Waals surface area contributed by atoms with Gasteiger partial charge in [-0.1, -0.05) is 43.7 Å². The average molecular weight is 481 g/mol. The molecule has 0 amide bonds. The number of fused-ring (bicyclic) bond motifs is 1. The maximum absolute atomic E-state index is 12.0. The summed E-state index contributed by atoms with van der Waals surface area (Å²) in [6, 6.07) is 12.7. The zero-order valence-electron chi connectivity index (χ0n) is 18.8. The van der Waals surface area contributed by atoms with Gasteiger partial charge in [0.25, 0.3) is 0 Å². The van der Waals surface area contributed by atoms with Gasteiger partial charge in [0.15, 0.2) is 5.69 Å². The molecule has 3 heterocycles. The van der Waals surface area contributed by atoms with Crippen LogP contribution in [0, 0.1) is 0 Å². The summed E-state index contributed by atoms with van der Waals surface area (Å²) >= 11 is 1.33. The first-order valence-corrected chi connectivity index (χ1v) is 12.0. The number of thioether (sulfide) groups is 1. The van der Waals surface area contributed by atoms with Crippen LogP contribution in [-0.2, 0) is 13.0 Å². The lowest BCUT2D eigenvalue weighted by Gasteiger charge is -2.11. The molecule has 0 atom stereocenters. The molecule has 9 nitrogen and oxygen atoms in total. The van der Waals surface area contributed by atoms with E-state index in [1.807, 2.05) is 36.6 Å². The lowest BCUT2D eigenvalue weighted by Crippen LogP contribution is -2.13. The fraction of sp³-hybridized carbons (Fsp3) is 0.250. The molecule has 34 heavy (non-hydrogen) atoms. The molecule has 176 valence electrons. The van der Waals surface area contributed by atoms with Gasteiger partial charge in [-0.15, -0.1) is 11.8 Å². The second-order valence-corrected chi connectivity index (χ2v) is 8.44. The highest BCUT2D eigenvalue weighted by Crippen LogP contribution is 2.31. The molecular formula is C24H24N4O5S. The molecule has 3 aromatic heterocycles. The smallest absolute Gasteiger partial charge is 0.476 e. The van der Waals surface area contributed by atoms with Gasteiger partial charge in [0, 0.05) is 24.7 Å². The highest BCUT2D eigenvalue weighted by Gasteiger charge is 2.23. The molecule has 0 aliphatic carbocycles. The van der Waals surface area contributed by atoms with E-state index >= 15 is 0 Å². The molecule has 0 aliphatic heterocycles. The predicted molar refractivity (Wildman–Crippen MR) is 128 cm³/mol. The number of carbonyl (C=O) groups is 2. The number of unbranched alkanes of at least 4 members (excludes halogenated alkanes) is 1. The van der Waals surface area contributed by atoms with E-state index in [0.29, 0.717) is 34.9 Å². The highest BCUT2D eigenvalue weighted by atomic mass is 32.2. The van der Waals surface area contributed by atoms with E-state index < -0.39 is 12.1 Å². The lowest BCUT2D eigenvalue weighted by atomic mass is 10.1. The van der Waals surface area contributed by atoms with Crippen molar-refractivity contribution in [2.24, 2.45) is 0 Å². The topological polar surface area (TPSA) is 119 Å². The van der Waals surface area contributed by atoms with Crippen molar-refractivity contribution in [2.45, 2.75) is 37.8 Å². The average Bonchev–Trinajstić information content (AvgIpc) is 3.36. The standard InChI is InChI=1S/C24H24N4O5S/c1-3-4-7-18-26-21(34-2)20(23(29)30)28(18)14-15-9-11-16(12-10-15)19-22(33-24(31)32)27-13-6-5-8-17(27)25-19/h5-6,8-13H,3-4,7,14H2,1-2H3,(H,29,30)(H,31,32). The van der Waals surface area contributed by atoms with E-state index in [0.717, 1.165) is 24.2 Å². The number of aromatic nitrogens is 4. The third-order valence-electron chi connectivity index (χ3n) is 5.40. The van der Waals surface area contributed by atoms with Gasteiger partial charge in [-0.3, -0.25) is 4.40 Å². The van der Waals surface area contributed by atoms with Crippen LogP contribution in [0.4, 0.5) is 4.79 Å². The van der Waals surface area contributed by atoms with Crippen molar-refractivity contribution in [3.63, 3.8) is 0 Å². The summed E-state index contributed by atoms with van der Waals surface area (Å²) in [6.07, 6.45) is 4.69. The summed E-state index contributed by atoms with van der Waals surface area (Å²) in [5.74, 6) is -0.133. The van der Waals surface area contributed by atoms with Gasteiger partial charge in [-0.25, -0.2) is 19.6 Å². The molecule has 0 unspecified atom stereocenters. The number of rotatable bonds is 9. The van der Waals surface area contributed by atoms with Gasteiger partial charge in [-0.05, 0) is 30.4 Å². The molecule has 4 rings (SSSR count). The first kappa shape index (κ1) is 23.4. The zero-order valence-corrected chi connectivity index (χ0v) is 19.6. The number of hydrogen-bond donors (Lipinski definition) is 2. The molecule has 10 heteroatoms. The lowest BCUT2D eigenvalue weighted by molar-refractivity contribution is 0.0680. The van der Waals surface area contributed by atoms with Crippen LogP contribution in [0.5, 0.6) is 5.88 Å². The van der Waals surface area contributed by atoms with Gasteiger partial charge in [0.2, 0.25) is 5.88 Å². The molecule has 0 fully saturated rings. The van der Waals surface area contributed by atoms with E-state index in [1.54, 1.807) is 27.3 Å². The second-order valence-electron chi connectivity index (χ2n) is 7.64. The number of pyridine rings is 1. The molecule has 1 aromatic carbocycles. The largest absolute Gasteiger partial charge is 0.512 e. The Morgan fingerprint density at radius 3 is 2.50 bits per heavy atom. The van der Waals surface area contributed by atoms with E-state index in [9.17, 15) is 19.8 Å². The Morgan fingerprint density at radius 1 is 1.09 bits per heavy atom. The van der Waals surface area contributed by atoms with E-state index in [-0.39, 0.29) is 11.6 Å². The van der Waals surface area contributed by atoms with Crippen molar-refractivity contribution in [2.75, 3.05) is 6.26 Å². The molecule has 2 N–H and O–H groups in total. The summed E-state index contributed by atoms with van der Waals surface area (Å²) in [4.78, 5) is 32.3. The van der Waals surface area contributed by atoms with Crippen LogP contribution in [-0.4, -0.2) is 47.5 Å². The SMILES string of the molecule is CCCCc1nc(SC)c(C(=O)O)n1Cc1ccc(-c2nc3ccccn3c2OC(=O)O)cc1. The van der Waals surface area contributed by atoms with Gasteiger partial charge in [0.1, 0.15) is 22.2 Å². The fourth-order valence-electron chi connectivity index (χ4n) is 3.81. The van der Waals surface area contributed by atoms with Crippen molar-refractivity contribution in [3.05, 3.63) is 65.7 Å². The molecule has 0 bridgehead atoms. The summed E-state index contributed by atoms with van der Waals surface area (Å²) in [5, 5.41) is 19.5. The van der Waals surface area contributed by atoms with Crippen LogP contribution in [0.25, 0.3) is 16.9 Å². The number of benzene rings is 1. The number of ether oxygens (including phenoxy) is 1. The summed E-state index contributed by atoms with van der Waals surface area (Å²) in [5.41, 5.74) is 2.73. The van der Waals surface area contributed by atoms with Gasteiger partial charge < -0.3 is 19.5 Å². The molecule has 0 spiro atoms. The Labute approximate surface area is 200 Å². The van der Waals surface area contributed by atoms with Crippen LogP contribution in [0.2, 0.25) is 0 Å². The van der Waals surface area contributed by atoms with E-state index in [2.05, 4.69) is 16.9 Å². The monoisotopic (exact) mass is 480 g/mol.